The second-order valence-corrected chi connectivity index (χ2v) is 6.73. The van der Waals surface area contributed by atoms with Crippen molar-refractivity contribution in [2.45, 2.75) is 52.4 Å². The highest BCUT2D eigenvalue weighted by Crippen LogP contribution is 2.33. The van der Waals surface area contributed by atoms with Crippen molar-refractivity contribution >= 4 is 12.0 Å². The van der Waals surface area contributed by atoms with Crippen molar-refractivity contribution in [3.8, 4) is 34.8 Å². The van der Waals surface area contributed by atoms with E-state index in [1.54, 1.807) is 18.2 Å². The topological polar surface area (TPSA) is 60.2 Å². The Bertz CT molecular complexity index is 956. The first-order valence-electron chi connectivity index (χ1n) is 9.96. The molecule has 0 N–H and O–H groups in total. The van der Waals surface area contributed by atoms with Gasteiger partial charge in [-0.15, -0.1) is 0 Å². The average molecular weight is 387 g/mol. The Morgan fingerprint density at radius 1 is 0.966 bits per heavy atom. The zero-order valence-electron chi connectivity index (χ0n) is 17.0. The molecule has 0 unspecified atom stereocenters. The van der Waals surface area contributed by atoms with Gasteiger partial charge in [0, 0.05) is 35.6 Å². The molecule has 4 nitrogen and oxygen atoms in total. The van der Waals surface area contributed by atoms with Crippen LogP contribution in [0.2, 0.25) is 0 Å². The fraction of sp³-hybridized carbons (Fsp3) is 0.320. The molecular formula is C25H25NO3. The van der Waals surface area contributed by atoms with Crippen molar-refractivity contribution in [1.29, 1.82) is 0 Å². The number of hydrogen-bond acceptors (Lipinski definition) is 3. The van der Waals surface area contributed by atoms with Gasteiger partial charge in [-0.25, -0.2) is 0 Å². The monoisotopic (exact) mass is 387 g/mol. The van der Waals surface area contributed by atoms with E-state index >= 15 is 0 Å². The van der Waals surface area contributed by atoms with Crippen LogP contribution in [-0.4, -0.2) is 11.2 Å². The molecule has 0 saturated carbocycles. The standard InChI is InChI=1S/C25H25NO3/c1-3-5-7-9-12-20-16-21(13-10-8-6-4-2)18-23(17-20)25-22(19-27)14-11-15-24(25)26(28)29/h11,14-19H,3-8H2,1-2H3. The number of benzene rings is 2. The molecule has 0 amide bonds. The van der Waals surface area contributed by atoms with Crippen LogP contribution >= 0.6 is 0 Å². The summed E-state index contributed by atoms with van der Waals surface area (Å²) in [7, 11) is 0. The number of nitro groups is 1. The van der Waals surface area contributed by atoms with Crippen molar-refractivity contribution in [1.82, 2.24) is 0 Å². The van der Waals surface area contributed by atoms with Gasteiger partial charge >= 0.3 is 0 Å². The molecular weight excluding hydrogens is 362 g/mol. The third-order valence-electron chi connectivity index (χ3n) is 4.40. The fourth-order valence-electron chi connectivity index (χ4n) is 2.90. The van der Waals surface area contributed by atoms with Crippen LogP contribution in [0.15, 0.2) is 36.4 Å². The van der Waals surface area contributed by atoms with E-state index in [-0.39, 0.29) is 11.3 Å². The zero-order chi connectivity index (χ0) is 21.1. The second kappa shape index (κ2) is 11.5. The van der Waals surface area contributed by atoms with E-state index < -0.39 is 4.92 Å². The number of nitro benzene ring substituents is 1. The zero-order valence-corrected chi connectivity index (χ0v) is 17.0. The Hall–Kier alpha value is -3.37. The van der Waals surface area contributed by atoms with Gasteiger partial charge in [0.1, 0.15) is 0 Å². The molecule has 0 saturated heterocycles. The molecule has 0 radical (unpaired) electrons. The molecule has 0 aliphatic carbocycles. The summed E-state index contributed by atoms with van der Waals surface area (Å²) in [6.45, 7) is 4.23. The molecule has 0 aliphatic rings. The molecule has 0 heterocycles. The lowest BCUT2D eigenvalue weighted by Crippen LogP contribution is -1.97. The molecule has 0 aromatic heterocycles. The Balaban J connectivity index is 2.61. The molecule has 29 heavy (non-hydrogen) atoms. The summed E-state index contributed by atoms with van der Waals surface area (Å²) < 4.78 is 0. The molecule has 0 aliphatic heterocycles. The van der Waals surface area contributed by atoms with Gasteiger partial charge in [0.25, 0.3) is 5.69 Å². The number of aldehydes is 1. The van der Waals surface area contributed by atoms with Crippen molar-refractivity contribution in [3.63, 3.8) is 0 Å². The highest BCUT2D eigenvalue weighted by atomic mass is 16.6. The van der Waals surface area contributed by atoms with E-state index in [1.807, 2.05) is 6.07 Å². The van der Waals surface area contributed by atoms with E-state index in [1.165, 1.54) is 12.1 Å². The summed E-state index contributed by atoms with van der Waals surface area (Å²) >= 11 is 0. The van der Waals surface area contributed by atoms with Gasteiger partial charge in [-0.3, -0.25) is 14.9 Å². The van der Waals surface area contributed by atoms with Crippen molar-refractivity contribution < 1.29 is 9.72 Å². The third kappa shape index (κ3) is 6.33. The Kier molecular flexibility index (Phi) is 8.67. The number of carbonyl (C=O) groups is 1. The maximum absolute atomic E-state index is 11.6. The lowest BCUT2D eigenvalue weighted by Gasteiger charge is -2.08. The Morgan fingerprint density at radius 2 is 1.55 bits per heavy atom. The second-order valence-electron chi connectivity index (χ2n) is 6.73. The molecule has 2 aromatic rings. The van der Waals surface area contributed by atoms with Crippen LogP contribution in [0.1, 0.15) is 73.9 Å². The SMILES string of the molecule is CCCCC#Cc1cc(C#CCCCC)cc(-c2c(C=O)cccc2[N+](=O)[O-])c1. The molecule has 2 aromatic carbocycles. The molecule has 0 spiro atoms. The van der Waals surface area contributed by atoms with Gasteiger partial charge in [0.2, 0.25) is 0 Å². The number of hydrogen-bond donors (Lipinski definition) is 0. The third-order valence-corrected chi connectivity index (χ3v) is 4.40. The largest absolute Gasteiger partial charge is 0.298 e. The van der Waals surface area contributed by atoms with Crippen molar-refractivity contribution in [2.24, 2.45) is 0 Å². The summed E-state index contributed by atoms with van der Waals surface area (Å²) in [5, 5.41) is 11.6. The summed E-state index contributed by atoms with van der Waals surface area (Å²) in [6.07, 6.45) is 6.43. The minimum atomic E-state index is -0.464. The van der Waals surface area contributed by atoms with Gasteiger partial charge in [0.05, 0.1) is 10.5 Å². The summed E-state index contributed by atoms with van der Waals surface area (Å²) in [4.78, 5) is 22.6. The first-order valence-corrected chi connectivity index (χ1v) is 9.96. The lowest BCUT2D eigenvalue weighted by molar-refractivity contribution is -0.384. The van der Waals surface area contributed by atoms with Crippen LogP contribution in [0.3, 0.4) is 0 Å². The predicted molar refractivity (Wildman–Crippen MR) is 117 cm³/mol. The van der Waals surface area contributed by atoms with Gasteiger partial charge in [0.15, 0.2) is 6.29 Å². The molecule has 148 valence electrons. The molecule has 2 rings (SSSR count). The Labute approximate surface area is 172 Å². The van der Waals surface area contributed by atoms with E-state index in [0.29, 0.717) is 17.4 Å². The summed E-state index contributed by atoms with van der Waals surface area (Å²) in [6, 6.07) is 10.0. The predicted octanol–water partition coefficient (Wildman–Crippen LogP) is 6.16. The van der Waals surface area contributed by atoms with Crippen molar-refractivity contribution in [2.75, 3.05) is 0 Å². The van der Waals surface area contributed by atoms with Crippen LogP contribution in [-0.2, 0) is 0 Å². The fourth-order valence-corrected chi connectivity index (χ4v) is 2.90. The quantitative estimate of drug-likeness (QED) is 0.188. The van der Waals surface area contributed by atoms with E-state index in [9.17, 15) is 14.9 Å². The van der Waals surface area contributed by atoms with E-state index in [0.717, 1.165) is 49.7 Å². The van der Waals surface area contributed by atoms with E-state index in [4.69, 9.17) is 0 Å². The normalized spacial score (nSPS) is 9.72. The van der Waals surface area contributed by atoms with Crippen LogP contribution in [0.25, 0.3) is 11.1 Å². The molecule has 0 fully saturated rings. The number of carbonyl (C=O) groups excluding carboxylic acids is 1. The van der Waals surface area contributed by atoms with Crippen molar-refractivity contribution in [3.05, 3.63) is 63.2 Å². The Morgan fingerprint density at radius 3 is 2.03 bits per heavy atom. The number of rotatable bonds is 7. The summed E-state index contributed by atoms with van der Waals surface area (Å²) in [5.74, 6) is 12.6. The highest BCUT2D eigenvalue weighted by Gasteiger charge is 2.19. The number of unbranched alkanes of at least 4 members (excludes halogenated alkanes) is 4. The summed E-state index contributed by atoms with van der Waals surface area (Å²) in [5.41, 5.74) is 2.56. The van der Waals surface area contributed by atoms with Crippen LogP contribution in [0.4, 0.5) is 5.69 Å². The number of nitrogens with zero attached hydrogens (tertiary/aromatic N) is 1. The average Bonchev–Trinajstić information content (AvgIpc) is 2.73. The first-order chi connectivity index (χ1) is 14.1. The van der Waals surface area contributed by atoms with Gasteiger partial charge in [-0.1, -0.05) is 62.5 Å². The van der Waals surface area contributed by atoms with Gasteiger partial charge in [-0.2, -0.15) is 0 Å². The minimum Gasteiger partial charge on any atom is -0.298 e. The van der Waals surface area contributed by atoms with Crippen LogP contribution in [0.5, 0.6) is 0 Å². The van der Waals surface area contributed by atoms with Crippen LogP contribution in [0, 0.1) is 33.8 Å². The molecule has 0 atom stereocenters. The van der Waals surface area contributed by atoms with Gasteiger partial charge < -0.3 is 0 Å². The molecule has 0 bridgehead atoms. The lowest BCUT2D eigenvalue weighted by atomic mass is 9.95. The highest BCUT2D eigenvalue weighted by molar-refractivity contribution is 5.92. The minimum absolute atomic E-state index is 0.101. The maximum atomic E-state index is 11.6. The van der Waals surface area contributed by atoms with E-state index in [2.05, 4.69) is 37.5 Å². The smallest absolute Gasteiger partial charge is 0.277 e. The van der Waals surface area contributed by atoms with Crippen LogP contribution < -0.4 is 0 Å². The molecule has 4 heteroatoms. The van der Waals surface area contributed by atoms with Gasteiger partial charge in [-0.05, 0) is 36.6 Å². The first kappa shape index (κ1) is 21.9. The maximum Gasteiger partial charge on any atom is 0.277 e.